The van der Waals surface area contributed by atoms with Crippen LogP contribution in [0.3, 0.4) is 0 Å². The molecule has 0 aromatic heterocycles. The lowest BCUT2D eigenvalue weighted by atomic mass is 10.1. The molecule has 0 saturated carbocycles. The first-order valence-electron chi connectivity index (χ1n) is 5.44. The summed E-state index contributed by atoms with van der Waals surface area (Å²) >= 11 is 0. The van der Waals surface area contributed by atoms with Gasteiger partial charge in [-0.05, 0) is 25.1 Å². The van der Waals surface area contributed by atoms with Crippen molar-refractivity contribution >= 4 is 11.9 Å². The number of nitriles is 1. The Hall–Kier alpha value is -2.35. The molecule has 1 aromatic rings. The summed E-state index contributed by atoms with van der Waals surface area (Å²) in [5.41, 5.74) is 0.380. The average molecular weight is 246 g/mol. The van der Waals surface area contributed by atoms with Crippen molar-refractivity contribution in [2.75, 3.05) is 13.6 Å². The molecule has 1 aromatic carbocycles. The van der Waals surface area contributed by atoms with Gasteiger partial charge in [-0.25, -0.2) is 4.79 Å². The van der Waals surface area contributed by atoms with Crippen molar-refractivity contribution < 1.29 is 14.7 Å². The van der Waals surface area contributed by atoms with E-state index in [0.717, 1.165) is 0 Å². The van der Waals surface area contributed by atoms with Crippen LogP contribution in [0.1, 0.15) is 27.6 Å². The van der Waals surface area contributed by atoms with Crippen molar-refractivity contribution in [3.8, 4) is 6.07 Å². The third-order valence-corrected chi connectivity index (χ3v) is 2.47. The van der Waals surface area contributed by atoms with E-state index in [1.807, 2.05) is 6.07 Å². The highest BCUT2D eigenvalue weighted by Crippen LogP contribution is 2.09. The van der Waals surface area contributed by atoms with E-state index in [0.29, 0.717) is 12.1 Å². The normalized spacial score (nSPS) is 11.4. The number of aromatic carboxylic acids is 1. The number of nitrogens with zero attached hydrogens (tertiary/aromatic N) is 2. The number of carbonyl (C=O) groups excluding carboxylic acids is 1. The highest BCUT2D eigenvalue weighted by Gasteiger charge is 2.15. The zero-order chi connectivity index (χ0) is 13.7. The van der Waals surface area contributed by atoms with Crippen molar-refractivity contribution in [3.63, 3.8) is 0 Å². The molecule has 18 heavy (non-hydrogen) atoms. The van der Waals surface area contributed by atoms with Gasteiger partial charge in [0.05, 0.1) is 17.6 Å². The lowest BCUT2D eigenvalue weighted by Crippen LogP contribution is -2.30. The number of hydrogen-bond acceptors (Lipinski definition) is 3. The smallest absolute Gasteiger partial charge is 0.335 e. The van der Waals surface area contributed by atoms with E-state index in [-0.39, 0.29) is 17.4 Å². The van der Waals surface area contributed by atoms with Crippen molar-refractivity contribution in [2.45, 2.75) is 6.92 Å². The Bertz CT molecular complexity index is 505. The Balaban J connectivity index is 2.87. The second kappa shape index (κ2) is 5.82. The van der Waals surface area contributed by atoms with Gasteiger partial charge in [0, 0.05) is 19.2 Å². The van der Waals surface area contributed by atoms with Crippen LogP contribution in [-0.4, -0.2) is 35.5 Å². The molecule has 5 heteroatoms. The van der Waals surface area contributed by atoms with Crippen LogP contribution in [0.15, 0.2) is 24.3 Å². The van der Waals surface area contributed by atoms with E-state index in [1.54, 1.807) is 20.0 Å². The SMILES string of the molecule is CC(C#N)CN(C)C(=O)c1cccc(C(=O)O)c1. The molecule has 94 valence electrons. The van der Waals surface area contributed by atoms with Crippen LogP contribution in [0.4, 0.5) is 0 Å². The van der Waals surface area contributed by atoms with Gasteiger partial charge in [0.25, 0.3) is 5.91 Å². The molecule has 0 radical (unpaired) electrons. The summed E-state index contributed by atoms with van der Waals surface area (Å²) in [6, 6.07) is 7.89. The van der Waals surface area contributed by atoms with E-state index in [9.17, 15) is 9.59 Å². The maximum Gasteiger partial charge on any atom is 0.335 e. The van der Waals surface area contributed by atoms with Crippen molar-refractivity contribution in [2.24, 2.45) is 5.92 Å². The molecule has 0 aliphatic rings. The van der Waals surface area contributed by atoms with Crippen LogP contribution in [0.2, 0.25) is 0 Å². The minimum Gasteiger partial charge on any atom is -0.478 e. The van der Waals surface area contributed by atoms with Gasteiger partial charge in [0.15, 0.2) is 0 Å². The van der Waals surface area contributed by atoms with E-state index < -0.39 is 5.97 Å². The lowest BCUT2D eigenvalue weighted by molar-refractivity contribution is 0.0697. The fraction of sp³-hybridized carbons (Fsp3) is 0.308. The third-order valence-electron chi connectivity index (χ3n) is 2.47. The Kier molecular flexibility index (Phi) is 4.44. The van der Waals surface area contributed by atoms with Gasteiger partial charge in [-0.15, -0.1) is 0 Å². The van der Waals surface area contributed by atoms with Crippen molar-refractivity contribution in [1.82, 2.24) is 4.90 Å². The molecule has 1 N–H and O–H groups in total. The quantitative estimate of drug-likeness (QED) is 0.875. The third kappa shape index (κ3) is 3.32. The number of rotatable bonds is 4. The van der Waals surface area contributed by atoms with Crippen LogP contribution >= 0.6 is 0 Å². The Morgan fingerprint density at radius 2 is 2.06 bits per heavy atom. The zero-order valence-corrected chi connectivity index (χ0v) is 10.3. The Morgan fingerprint density at radius 3 is 2.61 bits per heavy atom. The molecule has 1 unspecified atom stereocenters. The summed E-state index contributed by atoms with van der Waals surface area (Å²) in [4.78, 5) is 24.2. The average Bonchev–Trinajstić information content (AvgIpc) is 2.37. The van der Waals surface area contributed by atoms with Crippen LogP contribution < -0.4 is 0 Å². The summed E-state index contributed by atoms with van der Waals surface area (Å²) in [6.45, 7) is 2.03. The predicted molar refractivity (Wildman–Crippen MR) is 65.1 cm³/mol. The Morgan fingerprint density at radius 1 is 1.44 bits per heavy atom. The Labute approximate surface area is 105 Å². The van der Waals surface area contributed by atoms with Crippen LogP contribution in [0, 0.1) is 17.2 Å². The standard InChI is InChI=1S/C13H14N2O3/c1-9(7-14)8-15(2)12(16)10-4-3-5-11(6-10)13(17)18/h3-6,9H,8H2,1-2H3,(H,17,18). The first kappa shape index (κ1) is 13.7. The molecule has 5 nitrogen and oxygen atoms in total. The molecular formula is C13H14N2O3. The molecule has 0 aliphatic heterocycles. The summed E-state index contributed by atoms with van der Waals surface area (Å²) in [5.74, 6) is -1.63. The maximum atomic E-state index is 12.0. The van der Waals surface area contributed by atoms with E-state index in [1.165, 1.54) is 23.1 Å². The number of amides is 1. The first-order valence-corrected chi connectivity index (χ1v) is 5.44. The number of carboxylic acids is 1. The summed E-state index contributed by atoms with van der Waals surface area (Å²) in [7, 11) is 1.59. The van der Waals surface area contributed by atoms with Crippen molar-refractivity contribution in [3.05, 3.63) is 35.4 Å². The first-order chi connectivity index (χ1) is 8.45. The fourth-order valence-corrected chi connectivity index (χ4v) is 1.54. The van der Waals surface area contributed by atoms with E-state index in [2.05, 4.69) is 0 Å². The number of carbonyl (C=O) groups is 2. The van der Waals surface area contributed by atoms with Crippen LogP contribution in [-0.2, 0) is 0 Å². The minimum absolute atomic E-state index is 0.0718. The minimum atomic E-state index is -1.07. The molecule has 0 fully saturated rings. The summed E-state index contributed by atoms with van der Waals surface area (Å²) in [6.07, 6.45) is 0. The number of hydrogen-bond donors (Lipinski definition) is 1. The molecule has 1 rings (SSSR count). The molecule has 0 bridgehead atoms. The van der Waals surface area contributed by atoms with E-state index >= 15 is 0 Å². The molecule has 1 atom stereocenters. The molecule has 0 aliphatic carbocycles. The predicted octanol–water partition coefficient (Wildman–Crippen LogP) is 1.62. The van der Waals surface area contributed by atoms with Crippen molar-refractivity contribution in [1.29, 1.82) is 5.26 Å². The molecule has 0 saturated heterocycles. The molecule has 0 heterocycles. The topological polar surface area (TPSA) is 81.4 Å². The fourth-order valence-electron chi connectivity index (χ4n) is 1.54. The van der Waals surface area contributed by atoms with Gasteiger partial charge in [-0.2, -0.15) is 5.26 Å². The van der Waals surface area contributed by atoms with Gasteiger partial charge in [0.1, 0.15) is 0 Å². The second-order valence-electron chi connectivity index (χ2n) is 4.10. The van der Waals surface area contributed by atoms with Crippen LogP contribution in [0.5, 0.6) is 0 Å². The largest absolute Gasteiger partial charge is 0.478 e. The van der Waals surface area contributed by atoms with Gasteiger partial charge < -0.3 is 10.0 Å². The number of benzene rings is 1. The molecular weight excluding hydrogens is 232 g/mol. The van der Waals surface area contributed by atoms with Gasteiger partial charge >= 0.3 is 5.97 Å². The summed E-state index contributed by atoms with van der Waals surface area (Å²) < 4.78 is 0. The lowest BCUT2D eigenvalue weighted by Gasteiger charge is -2.18. The molecule has 1 amide bonds. The van der Waals surface area contributed by atoms with Crippen LogP contribution in [0.25, 0.3) is 0 Å². The zero-order valence-electron chi connectivity index (χ0n) is 10.3. The van der Waals surface area contributed by atoms with Gasteiger partial charge in [-0.1, -0.05) is 6.07 Å². The number of carboxylic acid groups (broad SMARTS) is 1. The highest BCUT2D eigenvalue weighted by molar-refractivity contribution is 5.97. The molecule has 0 spiro atoms. The summed E-state index contributed by atoms with van der Waals surface area (Å²) in [5, 5.41) is 17.5. The second-order valence-corrected chi connectivity index (χ2v) is 4.10. The maximum absolute atomic E-state index is 12.0. The highest BCUT2D eigenvalue weighted by atomic mass is 16.4. The monoisotopic (exact) mass is 246 g/mol. The van der Waals surface area contributed by atoms with Gasteiger partial charge in [-0.3, -0.25) is 4.79 Å². The van der Waals surface area contributed by atoms with E-state index in [4.69, 9.17) is 10.4 Å². The van der Waals surface area contributed by atoms with Gasteiger partial charge in [0.2, 0.25) is 0 Å².